The van der Waals surface area contributed by atoms with Gasteiger partial charge >= 0.3 is 0 Å². The van der Waals surface area contributed by atoms with E-state index in [1.807, 2.05) is 48.7 Å². The number of fused-ring (bicyclic) bond motifs is 2. The molecule has 2 fully saturated rings. The third kappa shape index (κ3) is 6.32. The van der Waals surface area contributed by atoms with Gasteiger partial charge in [0.1, 0.15) is 30.3 Å². The summed E-state index contributed by atoms with van der Waals surface area (Å²) in [5.74, 6) is 1.65. The molecule has 0 amide bonds. The summed E-state index contributed by atoms with van der Waals surface area (Å²) in [5.41, 5.74) is 4.42. The van der Waals surface area contributed by atoms with Crippen molar-refractivity contribution in [3.05, 3.63) is 99.2 Å². The van der Waals surface area contributed by atoms with E-state index in [0.29, 0.717) is 31.1 Å². The fourth-order valence-corrected chi connectivity index (χ4v) is 6.23. The first kappa shape index (κ1) is 27.9. The topological polar surface area (TPSA) is 73.3 Å². The highest BCUT2D eigenvalue weighted by Gasteiger charge is 2.37. The number of halogens is 1. The molecule has 0 radical (unpaired) electrons. The van der Waals surface area contributed by atoms with Crippen LogP contribution in [0.2, 0.25) is 5.02 Å². The fourth-order valence-electron chi connectivity index (χ4n) is 6.10. The Kier molecular flexibility index (Phi) is 8.65. The van der Waals surface area contributed by atoms with Crippen LogP contribution in [0, 0.1) is 4.91 Å². The summed E-state index contributed by atoms with van der Waals surface area (Å²) in [7, 11) is 0. The van der Waals surface area contributed by atoms with Crippen LogP contribution >= 0.6 is 11.6 Å². The van der Waals surface area contributed by atoms with Gasteiger partial charge < -0.3 is 19.1 Å². The first-order valence-corrected chi connectivity index (χ1v) is 15.0. The maximum atomic E-state index is 12.0. The van der Waals surface area contributed by atoms with Crippen molar-refractivity contribution >= 4 is 17.2 Å². The average molecular weight is 574 g/mol. The van der Waals surface area contributed by atoms with Gasteiger partial charge in [-0.1, -0.05) is 41.1 Å². The number of hydrogen-bond acceptors (Lipinski definition) is 7. The van der Waals surface area contributed by atoms with Gasteiger partial charge in [-0.25, -0.2) is 0 Å². The van der Waals surface area contributed by atoms with E-state index in [-0.39, 0.29) is 6.10 Å². The Morgan fingerprint density at radius 2 is 1.95 bits per heavy atom. The van der Waals surface area contributed by atoms with Crippen LogP contribution in [0.1, 0.15) is 60.9 Å². The van der Waals surface area contributed by atoms with Crippen molar-refractivity contribution in [1.82, 2.24) is 9.88 Å². The van der Waals surface area contributed by atoms with Gasteiger partial charge in [0.2, 0.25) is 0 Å². The smallest absolute Gasteiger partial charge is 0.131 e. The van der Waals surface area contributed by atoms with Crippen molar-refractivity contribution in [2.75, 3.05) is 32.8 Å². The molecule has 4 heterocycles. The summed E-state index contributed by atoms with van der Waals surface area (Å²) < 4.78 is 18.2. The van der Waals surface area contributed by atoms with E-state index >= 15 is 0 Å². The molecule has 3 aliphatic heterocycles. The lowest BCUT2D eigenvalue weighted by molar-refractivity contribution is -0.0110. The van der Waals surface area contributed by atoms with E-state index in [9.17, 15) is 4.91 Å². The van der Waals surface area contributed by atoms with E-state index in [2.05, 4.69) is 33.3 Å². The molecule has 3 aromatic rings. The summed E-state index contributed by atoms with van der Waals surface area (Å²) in [6, 6.07) is 17.7. The van der Waals surface area contributed by atoms with E-state index in [1.54, 1.807) is 0 Å². The van der Waals surface area contributed by atoms with E-state index < -0.39 is 5.54 Å². The molecule has 0 spiro atoms. The molecule has 6 rings (SSSR count). The zero-order valence-corrected chi connectivity index (χ0v) is 24.0. The molecule has 7 nitrogen and oxygen atoms in total. The lowest BCUT2D eigenvalue weighted by atomic mass is 9.82. The van der Waals surface area contributed by atoms with Crippen LogP contribution in [-0.4, -0.2) is 48.8 Å². The molecule has 8 heteroatoms. The minimum absolute atomic E-state index is 0.149. The third-order valence-corrected chi connectivity index (χ3v) is 8.78. The normalized spacial score (nSPS) is 21.3. The minimum atomic E-state index is -0.680. The maximum absolute atomic E-state index is 12.0. The van der Waals surface area contributed by atoms with Gasteiger partial charge in [0.15, 0.2) is 0 Å². The standard InChI is InChI=1S/C33H36ClN3O4/c34-25-10-8-24(9-11-25)33(36-38)14-18-37(19-15-33)17-4-7-28-29-6-3-16-35-31(29)23-41-32-13-12-26(21-30(28)32)40-22-27-5-1-2-20-39-27/h3,6-13,16,21,27H,1-2,4-5,14-15,17-20,22-23H2/b28-7+. The average Bonchev–Trinajstić information content (AvgIpc) is 3.18. The zero-order chi connectivity index (χ0) is 28.1. The SMILES string of the molecule is O=NC1(c2ccc(Cl)cc2)CCN(CC/C=C2/c3cc(OCC4CCCCO4)ccc3OCc3ncccc32)CC1. The Morgan fingerprint density at radius 1 is 1.10 bits per heavy atom. The minimum Gasteiger partial charge on any atom is -0.491 e. The van der Waals surface area contributed by atoms with Crippen molar-refractivity contribution in [3.8, 4) is 11.5 Å². The first-order valence-electron chi connectivity index (χ1n) is 14.6. The van der Waals surface area contributed by atoms with Gasteiger partial charge in [-0.15, -0.1) is 4.91 Å². The van der Waals surface area contributed by atoms with Gasteiger partial charge in [-0.2, -0.15) is 0 Å². The van der Waals surface area contributed by atoms with Crippen molar-refractivity contribution in [2.24, 2.45) is 5.18 Å². The molecule has 3 aliphatic rings. The highest BCUT2D eigenvalue weighted by Crippen LogP contribution is 2.40. The number of nitrogens with zero attached hydrogens (tertiary/aromatic N) is 3. The number of piperidine rings is 1. The number of pyridine rings is 1. The number of hydrogen-bond donors (Lipinski definition) is 0. The summed E-state index contributed by atoms with van der Waals surface area (Å²) in [5, 5.41) is 4.27. The second-order valence-corrected chi connectivity index (χ2v) is 11.6. The predicted octanol–water partition coefficient (Wildman–Crippen LogP) is 7.15. The van der Waals surface area contributed by atoms with Crippen molar-refractivity contribution in [3.63, 3.8) is 0 Å². The number of ether oxygens (including phenoxy) is 3. The lowest BCUT2D eigenvalue weighted by Gasteiger charge is -2.37. The number of likely N-dealkylation sites (tertiary alicyclic amines) is 1. The van der Waals surface area contributed by atoms with Gasteiger partial charge in [-0.05, 0) is 86.1 Å². The molecule has 0 bridgehead atoms. The molecule has 1 aromatic heterocycles. The Bertz CT molecular complexity index is 1380. The van der Waals surface area contributed by atoms with Crippen molar-refractivity contribution in [2.45, 2.75) is 56.8 Å². The molecular weight excluding hydrogens is 538 g/mol. The Morgan fingerprint density at radius 3 is 2.73 bits per heavy atom. The van der Waals surface area contributed by atoms with Gasteiger partial charge in [0, 0.05) is 48.6 Å². The van der Waals surface area contributed by atoms with Crippen molar-refractivity contribution < 1.29 is 14.2 Å². The monoisotopic (exact) mass is 573 g/mol. The highest BCUT2D eigenvalue weighted by atomic mass is 35.5. The maximum Gasteiger partial charge on any atom is 0.131 e. The van der Waals surface area contributed by atoms with Crippen molar-refractivity contribution in [1.29, 1.82) is 0 Å². The highest BCUT2D eigenvalue weighted by molar-refractivity contribution is 6.30. The first-order chi connectivity index (χ1) is 20.1. The van der Waals surface area contributed by atoms with Crippen LogP contribution in [0.25, 0.3) is 5.57 Å². The van der Waals surface area contributed by atoms with Crippen LogP contribution in [0.3, 0.4) is 0 Å². The third-order valence-electron chi connectivity index (χ3n) is 8.53. The number of rotatable bonds is 8. The molecule has 0 saturated carbocycles. The molecule has 0 N–H and O–H groups in total. The number of nitroso groups, excluding NO2 is 1. The zero-order valence-electron chi connectivity index (χ0n) is 23.3. The molecule has 41 heavy (non-hydrogen) atoms. The van der Waals surface area contributed by atoms with Crippen LogP contribution in [-0.2, 0) is 16.9 Å². The summed E-state index contributed by atoms with van der Waals surface area (Å²) in [6.45, 7) is 4.31. The summed E-state index contributed by atoms with van der Waals surface area (Å²) in [6.07, 6.45) is 9.86. The van der Waals surface area contributed by atoms with Gasteiger partial charge in [-0.3, -0.25) is 4.98 Å². The molecule has 1 atom stereocenters. The summed E-state index contributed by atoms with van der Waals surface area (Å²) >= 11 is 6.07. The molecule has 1 unspecified atom stereocenters. The molecule has 214 valence electrons. The largest absolute Gasteiger partial charge is 0.491 e. The predicted molar refractivity (Wildman–Crippen MR) is 160 cm³/mol. The molecular formula is C33H36ClN3O4. The molecule has 2 aromatic carbocycles. The summed E-state index contributed by atoms with van der Waals surface area (Å²) in [4.78, 5) is 19.0. The Hall–Kier alpha value is -3.26. The number of benzene rings is 2. The second kappa shape index (κ2) is 12.7. The van der Waals surface area contributed by atoms with Crippen LogP contribution in [0.15, 0.2) is 72.0 Å². The molecule has 2 saturated heterocycles. The number of aromatic nitrogens is 1. The lowest BCUT2D eigenvalue weighted by Crippen LogP contribution is -2.41. The van der Waals surface area contributed by atoms with Crippen LogP contribution < -0.4 is 9.47 Å². The van der Waals surface area contributed by atoms with E-state index in [1.165, 1.54) is 6.42 Å². The van der Waals surface area contributed by atoms with E-state index in [0.717, 1.165) is 85.0 Å². The van der Waals surface area contributed by atoms with Crippen LogP contribution in [0.4, 0.5) is 0 Å². The quantitative estimate of drug-likeness (QED) is 0.266. The Balaban J connectivity index is 1.17. The fraction of sp³-hybridized carbons (Fsp3) is 0.424. The van der Waals surface area contributed by atoms with E-state index in [4.69, 9.17) is 25.8 Å². The van der Waals surface area contributed by atoms with Gasteiger partial charge in [0.05, 0.1) is 11.8 Å². The van der Waals surface area contributed by atoms with Crippen LogP contribution in [0.5, 0.6) is 11.5 Å². The Labute approximate surface area is 246 Å². The molecule has 0 aliphatic carbocycles. The van der Waals surface area contributed by atoms with Gasteiger partial charge in [0.25, 0.3) is 0 Å². The second-order valence-electron chi connectivity index (χ2n) is 11.1.